The highest BCUT2D eigenvalue weighted by Crippen LogP contribution is 2.25. The van der Waals surface area contributed by atoms with E-state index in [1.807, 2.05) is 6.07 Å². The highest BCUT2D eigenvalue weighted by molar-refractivity contribution is 6.00. The lowest BCUT2D eigenvalue weighted by atomic mass is 10.1. The molecule has 174 valence electrons. The molecule has 4 rings (SSSR count). The summed E-state index contributed by atoms with van der Waals surface area (Å²) in [5, 5.41) is 2.85. The predicted molar refractivity (Wildman–Crippen MR) is 126 cm³/mol. The zero-order chi connectivity index (χ0) is 23.9. The van der Waals surface area contributed by atoms with Crippen LogP contribution in [-0.4, -0.2) is 35.1 Å². The van der Waals surface area contributed by atoms with Gasteiger partial charge in [0.25, 0.3) is 0 Å². The highest BCUT2D eigenvalue weighted by Gasteiger charge is 2.34. The molecule has 1 unspecified atom stereocenters. The molecule has 1 atom stereocenters. The molecule has 2 amide bonds. The Morgan fingerprint density at radius 1 is 0.882 bits per heavy atom. The van der Waals surface area contributed by atoms with Gasteiger partial charge >= 0.3 is 0 Å². The largest absolute Gasteiger partial charge is 0.457 e. The van der Waals surface area contributed by atoms with Crippen molar-refractivity contribution in [3.63, 3.8) is 0 Å². The van der Waals surface area contributed by atoms with Gasteiger partial charge in [0.2, 0.25) is 11.8 Å². The lowest BCUT2D eigenvalue weighted by Gasteiger charge is -2.24. The lowest BCUT2D eigenvalue weighted by Crippen LogP contribution is -2.43. The van der Waals surface area contributed by atoms with Crippen molar-refractivity contribution < 1.29 is 23.5 Å². The number of carbonyl (C=O) groups is 3. The molecule has 0 aromatic heterocycles. The topological polar surface area (TPSA) is 75.7 Å². The monoisotopic (exact) mass is 460 g/mol. The number of ketones is 1. The van der Waals surface area contributed by atoms with Crippen molar-refractivity contribution in [1.29, 1.82) is 0 Å². The van der Waals surface area contributed by atoms with E-state index in [1.54, 1.807) is 53.4 Å². The molecule has 1 heterocycles. The summed E-state index contributed by atoms with van der Waals surface area (Å²) in [7, 11) is 0. The van der Waals surface area contributed by atoms with Gasteiger partial charge in [0, 0.05) is 30.6 Å². The van der Waals surface area contributed by atoms with Crippen LogP contribution in [0.25, 0.3) is 0 Å². The fourth-order valence-corrected chi connectivity index (χ4v) is 3.94. The van der Waals surface area contributed by atoms with E-state index in [4.69, 9.17) is 4.74 Å². The average Bonchev–Trinajstić information content (AvgIpc) is 3.36. The number of ether oxygens (including phenoxy) is 1. The minimum atomic E-state index is -0.561. The number of anilines is 1. The van der Waals surface area contributed by atoms with E-state index in [-0.39, 0.29) is 36.3 Å². The van der Waals surface area contributed by atoms with E-state index < -0.39 is 6.04 Å². The number of rotatable bonds is 8. The fraction of sp³-hybridized carbons (Fsp3) is 0.222. The number of nitrogens with one attached hydrogen (secondary N) is 1. The second-order valence-electron chi connectivity index (χ2n) is 8.10. The first-order valence-corrected chi connectivity index (χ1v) is 11.2. The number of benzene rings is 3. The molecule has 0 spiro atoms. The molecule has 0 bridgehead atoms. The molecule has 1 aliphatic rings. The summed E-state index contributed by atoms with van der Waals surface area (Å²) >= 11 is 0. The van der Waals surface area contributed by atoms with Crippen LogP contribution in [0, 0.1) is 5.82 Å². The maximum Gasteiger partial charge on any atom is 0.247 e. The van der Waals surface area contributed by atoms with E-state index in [1.165, 1.54) is 24.3 Å². The molecule has 0 radical (unpaired) electrons. The Morgan fingerprint density at radius 2 is 1.53 bits per heavy atom. The molecule has 34 heavy (non-hydrogen) atoms. The second-order valence-corrected chi connectivity index (χ2v) is 8.10. The molecule has 0 saturated carbocycles. The van der Waals surface area contributed by atoms with Crippen LogP contribution >= 0.6 is 0 Å². The van der Waals surface area contributed by atoms with Gasteiger partial charge in [0.05, 0.1) is 0 Å². The predicted octanol–water partition coefficient (Wildman–Crippen LogP) is 5.21. The number of halogens is 1. The Bertz CT molecular complexity index is 1150. The van der Waals surface area contributed by atoms with Gasteiger partial charge in [-0.3, -0.25) is 14.4 Å². The van der Waals surface area contributed by atoms with Crippen molar-refractivity contribution >= 4 is 23.3 Å². The summed E-state index contributed by atoms with van der Waals surface area (Å²) in [6.07, 6.45) is 1.51. The van der Waals surface area contributed by atoms with Crippen LogP contribution in [0.2, 0.25) is 0 Å². The normalized spacial score (nSPS) is 15.1. The molecule has 1 N–H and O–H groups in total. The SMILES string of the molecule is O=C(CCC(=O)N1CCCC1C(=O)Nc1ccc(Oc2ccc(F)cc2)cc1)c1ccccc1. The van der Waals surface area contributed by atoms with E-state index in [2.05, 4.69) is 5.32 Å². The van der Waals surface area contributed by atoms with Gasteiger partial charge in [-0.05, 0) is 61.4 Å². The molecule has 6 nitrogen and oxygen atoms in total. The Labute approximate surface area is 197 Å². The molecular formula is C27H25FN2O4. The van der Waals surface area contributed by atoms with E-state index in [9.17, 15) is 18.8 Å². The number of amides is 2. The Kier molecular flexibility index (Phi) is 7.32. The molecule has 1 saturated heterocycles. The number of nitrogens with zero attached hydrogens (tertiary/aromatic N) is 1. The summed E-state index contributed by atoms with van der Waals surface area (Å²) in [4.78, 5) is 39.5. The molecular weight excluding hydrogens is 435 g/mol. The van der Waals surface area contributed by atoms with Gasteiger partial charge in [-0.15, -0.1) is 0 Å². The number of carbonyl (C=O) groups excluding carboxylic acids is 3. The van der Waals surface area contributed by atoms with Crippen molar-refractivity contribution in [2.45, 2.75) is 31.7 Å². The number of Topliss-reactive ketones (excluding diaryl/α,β-unsaturated/α-hetero) is 1. The van der Waals surface area contributed by atoms with Gasteiger partial charge in [0.15, 0.2) is 5.78 Å². The Morgan fingerprint density at radius 3 is 2.21 bits per heavy atom. The quantitative estimate of drug-likeness (QED) is 0.468. The zero-order valence-electron chi connectivity index (χ0n) is 18.6. The third-order valence-electron chi connectivity index (χ3n) is 5.71. The standard InChI is InChI=1S/C27H25FN2O4/c28-20-8-12-22(13-9-20)34-23-14-10-21(11-15-23)29-27(33)24-7-4-18-30(24)26(32)17-16-25(31)19-5-2-1-3-6-19/h1-3,5-6,8-15,24H,4,7,16-18H2,(H,29,33). The summed E-state index contributed by atoms with van der Waals surface area (Å²) in [5.74, 6) is 0.177. The molecule has 0 aliphatic carbocycles. The zero-order valence-corrected chi connectivity index (χ0v) is 18.6. The third kappa shape index (κ3) is 5.86. The smallest absolute Gasteiger partial charge is 0.247 e. The van der Waals surface area contributed by atoms with E-state index in [0.29, 0.717) is 35.7 Å². The molecule has 1 fully saturated rings. The van der Waals surface area contributed by atoms with Crippen molar-refractivity contribution in [2.75, 3.05) is 11.9 Å². The number of hydrogen-bond donors (Lipinski definition) is 1. The minimum absolute atomic E-state index is 0.0763. The van der Waals surface area contributed by atoms with Crippen LogP contribution in [0.3, 0.4) is 0 Å². The maximum atomic E-state index is 13.0. The summed E-state index contributed by atoms with van der Waals surface area (Å²) in [5.41, 5.74) is 1.16. The van der Waals surface area contributed by atoms with Crippen molar-refractivity contribution in [3.05, 3.63) is 90.2 Å². The molecule has 1 aliphatic heterocycles. The summed E-state index contributed by atoms with van der Waals surface area (Å²) in [6.45, 7) is 0.501. The van der Waals surface area contributed by atoms with E-state index in [0.717, 1.165) is 6.42 Å². The number of likely N-dealkylation sites (tertiary alicyclic amines) is 1. The van der Waals surface area contributed by atoms with Crippen LogP contribution in [0.15, 0.2) is 78.9 Å². The van der Waals surface area contributed by atoms with Crippen LogP contribution in [0.5, 0.6) is 11.5 Å². The lowest BCUT2D eigenvalue weighted by molar-refractivity contribution is -0.136. The van der Waals surface area contributed by atoms with Gasteiger partial charge in [-0.1, -0.05) is 30.3 Å². The van der Waals surface area contributed by atoms with Crippen LogP contribution < -0.4 is 10.1 Å². The maximum absolute atomic E-state index is 13.0. The summed E-state index contributed by atoms with van der Waals surface area (Å²) in [6, 6.07) is 20.8. The van der Waals surface area contributed by atoms with Crippen LogP contribution in [0.4, 0.5) is 10.1 Å². The molecule has 3 aromatic carbocycles. The first-order valence-electron chi connectivity index (χ1n) is 11.2. The molecule has 3 aromatic rings. The van der Waals surface area contributed by atoms with Gasteiger partial charge in [0.1, 0.15) is 23.4 Å². The van der Waals surface area contributed by atoms with Gasteiger partial charge < -0.3 is 15.0 Å². The Hall–Kier alpha value is -4.00. The first-order chi connectivity index (χ1) is 16.5. The van der Waals surface area contributed by atoms with Crippen LogP contribution in [0.1, 0.15) is 36.0 Å². The van der Waals surface area contributed by atoms with Crippen molar-refractivity contribution in [1.82, 2.24) is 4.90 Å². The Balaban J connectivity index is 1.30. The van der Waals surface area contributed by atoms with E-state index >= 15 is 0 Å². The van der Waals surface area contributed by atoms with Gasteiger partial charge in [-0.25, -0.2) is 4.39 Å². The average molecular weight is 461 g/mol. The third-order valence-corrected chi connectivity index (χ3v) is 5.71. The summed E-state index contributed by atoms with van der Waals surface area (Å²) < 4.78 is 18.7. The van der Waals surface area contributed by atoms with Crippen molar-refractivity contribution in [2.24, 2.45) is 0 Å². The first kappa shape index (κ1) is 23.2. The molecule has 7 heteroatoms. The highest BCUT2D eigenvalue weighted by atomic mass is 19.1. The minimum Gasteiger partial charge on any atom is -0.457 e. The number of hydrogen-bond acceptors (Lipinski definition) is 4. The van der Waals surface area contributed by atoms with Gasteiger partial charge in [-0.2, -0.15) is 0 Å². The van der Waals surface area contributed by atoms with Crippen molar-refractivity contribution in [3.8, 4) is 11.5 Å². The fourth-order valence-electron chi connectivity index (χ4n) is 3.94. The van der Waals surface area contributed by atoms with Crippen LogP contribution in [-0.2, 0) is 9.59 Å². The second kappa shape index (κ2) is 10.7.